The van der Waals surface area contributed by atoms with E-state index in [1.54, 1.807) is 17.3 Å². The highest BCUT2D eigenvalue weighted by molar-refractivity contribution is 5.11. The first-order chi connectivity index (χ1) is 4.88. The molecule has 0 aromatic heterocycles. The topological polar surface area (TPSA) is 62.9 Å². The van der Waals surface area contributed by atoms with Gasteiger partial charge < -0.3 is 10.2 Å². The molecule has 1 aliphatic rings. The van der Waals surface area contributed by atoms with Crippen LogP contribution in [0.3, 0.4) is 0 Å². The van der Waals surface area contributed by atoms with Crippen molar-refractivity contribution in [3.63, 3.8) is 0 Å². The molecule has 1 rings (SSSR count). The van der Waals surface area contributed by atoms with Crippen molar-refractivity contribution < 1.29 is 0 Å². The first-order valence-electron chi connectivity index (χ1n) is 2.83. The van der Waals surface area contributed by atoms with Crippen LogP contribution in [0.4, 0.5) is 0 Å². The highest BCUT2D eigenvalue weighted by Crippen LogP contribution is 2.00. The molecule has 0 saturated carbocycles. The van der Waals surface area contributed by atoms with Gasteiger partial charge in [-0.1, -0.05) is 0 Å². The van der Waals surface area contributed by atoms with E-state index in [-0.39, 0.29) is 0 Å². The van der Waals surface area contributed by atoms with Gasteiger partial charge in [0.15, 0.2) is 0 Å². The van der Waals surface area contributed by atoms with Crippen molar-refractivity contribution in [2.24, 2.45) is 0 Å². The van der Waals surface area contributed by atoms with Crippen molar-refractivity contribution in [3.8, 4) is 12.1 Å². The lowest BCUT2D eigenvalue weighted by molar-refractivity contribution is 0.386. The lowest BCUT2D eigenvalue weighted by Crippen LogP contribution is -2.29. The third-order valence-electron chi connectivity index (χ3n) is 1.23. The lowest BCUT2D eigenvalue weighted by atomic mass is 10.3. The van der Waals surface area contributed by atoms with Gasteiger partial charge in [-0.15, -0.1) is 0 Å². The fourth-order valence-electron chi connectivity index (χ4n) is 0.714. The third kappa shape index (κ3) is 1.01. The summed E-state index contributed by atoms with van der Waals surface area (Å²) in [4.78, 5) is 1.62. The van der Waals surface area contributed by atoms with Crippen LogP contribution < -0.4 is 5.32 Å². The maximum atomic E-state index is 8.41. The molecule has 0 atom stereocenters. The number of hydrogen-bond donors (Lipinski definition) is 1. The first kappa shape index (κ1) is 6.44. The van der Waals surface area contributed by atoms with E-state index >= 15 is 0 Å². The summed E-state index contributed by atoms with van der Waals surface area (Å²) in [5, 5.41) is 19.7. The second-order valence-corrected chi connectivity index (χ2v) is 1.85. The Labute approximate surface area is 59.0 Å². The Hall–Kier alpha value is -1.68. The zero-order valence-electron chi connectivity index (χ0n) is 5.28. The molecule has 50 valence electrons. The van der Waals surface area contributed by atoms with Gasteiger partial charge in [-0.25, -0.2) is 0 Å². The number of nitrogens with one attached hydrogen (secondary N) is 1. The normalized spacial score (nSPS) is 14.5. The lowest BCUT2D eigenvalue weighted by Gasteiger charge is -2.13. The van der Waals surface area contributed by atoms with Crippen LogP contribution in [0.5, 0.6) is 0 Å². The molecule has 0 unspecified atom stereocenters. The molecule has 0 bridgehead atoms. The minimum absolute atomic E-state index is 0.547. The van der Waals surface area contributed by atoms with Crippen molar-refractivity contribution >= 4 is 0 Å². The van der Waals surface area contributed by atoms with Gasteiger partial charge in [0.1, 0.15) is 12.1 Å². The van der Waals surface area contributed by atoms with Gasteiger partial charge in [0.25, 0.3) is 0 Å². The Balaban J connectivity index is 2.58. The summed E-state index contributed by atoms with van der Waals surface area (Å²) >= 11 is 0. The maximum Gasteiger partial charge on any atom is 0.205 e. The molecule has 0 saturated heterocycles. The van der Waals surface area contributed by atoms with E-state index in [1.165, 1.54) is 0 Å². The van der Waals surface area contributed by atoms with Gasteiger partial charge in [-0.2, -0.15) is 10.5 Å². The second-order valence-electron chi connectivity index (χ2n) is 1.85. The Morgan fingerprint density at radius 1 is 1.50 bits per heavy atom. The van der Waals surface area contributed by atoms with Crippen molar-refractivity contribution in [3.05, 3.63) is 12.4 Å². The van der Waals surface area contributed by atoms with Crippen molar-refractivity contribution in [2.75, 3.05) is 6.67 Å². The van der Waals surface area contributed by atoms with Gasteiger partial charge in [-0.3, -0.25) is 0 Å². The molecule has 0 aromatic rings. The molecular formula is C6H6N4. The molecule has 0 amide bonds. The van der Waals surface area contributed by atoms with Gasteiger partial charge in [0, 0.05) is 12.4 Å². The van der Waals surface area contributed by atoms with E-state index in [4.69, 9.17) is 10.5 Å². The molecule has 10 heavy (non-hydrogen) atoms. The number of hydrogen-bond acceptors (Lipinski definition) is 4. The van der Waals surface area contributed by atoms with Crippen LogP contribution in [0.15, 0.2) is 12.4 Å². The van der Waals surface area contributed by atoms with E-state index < -0.39 is 6.04 Å². The predicted octanol–water partition coefficient (Wildman–Crippen LogP) is -0.264. The highest BCUT2D eigenvalue weighted by atomic mass is 15.3. The molecule has 1 aliphatic heterocycles. The average Bonchev–Trinajstić information content (AvgIpc) is 2.43. The fourth-order valence-corrected chi connectivity index (χ4v) is 0.714. The van der Waals surface area contributed by atoms with E-state index in [2.05, 4.69) is 5.32 Å². The van der Waals surface area contributed by atoms with Crippen LogP contribution in [-0.4, -0.2) is 17.6 Å². The van der Waals surface area contributed by atoms with E-state index in [1.807, 2.05) is 12.1 Å². The number of nitriles is 2. The quantitative estimate of drug-likeness (QED) is 0.536. The highest BCUT2D eigenvalue weighted by Gasteiger charge is 2.14. The third-order valence-corrected chi connectivity index (χ3v) is 1.23. The Morgan fingerprint density at radius 3 is 2.60 bits per heavy atom. The average molecular weight is 134 g/mol. The van der Waals surface area contributed by atoms with E-state index in [0.717, 1.165) is 0 Å². The number of rotatable bonds is 1. The maximum absolute atomic E-state index is 8.41. The fraction of sp³-hybridized carbons (Fsp3) is 0.333. The van der Waals surface area contributed by atoms with Gasteiger partial charge in [0.2, 0.25) is 6.04 Å². The summed E-state index contributed by atoms with van der Waals surface area (Å²) in [5.41, 5.74) is 0. The minimum Gasteiger partial charge on any atom is -0.372 e. The largest absolute Gasteiger partial charge is 0.372 e. The summed E-state index contributed by atoms with van der Waals surface area (Å²) in [6, 6.07) is 3.07. The summed E-state index contributed by atoms with van der Waals surface area (Å²) in [6.45, 7) is 0.547. The van der Waals surface area contributed by atoms with Crippen molar-refractivity contribution in [1.29, 1.82) is 10.5 Å². The monoisotopic (exact) mass is 134 g/mol. The van der Waals surface area contributed by atoms with Crippen LogP contribution >= 0.6 is 0 Å². The van der Waals surface area contributed by atoms with E-state index in [0.29, 0.717) is 6.67 Å². The molecule has 0 fully saturated rings. The van der Waals surface area contributed by atoms with Crippen LogP contribution in [-0.2, 0) is 0 Å². The molecule has 0 radical (unpaired) electrons. The minimum atomic E-state index is -0.661. The van der Waals surface area contributed by atoms with Crippen molar-refractivity contribution in [1.82, 2.24) is 10.2 Å². The Morgan fingerprint density at radius 2 is 2.20 bits per heavy atom. The van der Waals surface area contributed by atoms with Crippen LogP contribution in [0.25, 0.3) is 0 Å². The van der Waals surface area contributed by atoms with Gasteiger partial charge >= 0.3 is 0 Å². The summed E-state index contributed by atoms with van der Waals surface area (Å²) in [7, 11) is 0. The Kier molecular flexibility index (Phi) is 1.77. The van der Waals surface area contributed by atoms with Crippen LogP contribution in [0, 0.1) is 22.7 Å². The smallest absolute Gasteiger partial charge is 0.205 e. The van der Waals surface area contributed by atoms with Gasteiger partial charge in [0.05, 0.1) is 6.67 Å². The zero-order chi connectivity index (χ0) is 7.40. The van der Waals surface area contributed by atoms with Crippen molar-refractivity contribution in [2.45, 2.75) is 6.04 Å². The Bertz CT molecular complexity index is 205. The molecule has 4 nitrogen and oxygen atoms in total. The summed E-state index contributed by atoms with van der Waals surface area (Å²) < 4.78 is 0. The molecule has 1 heterocycles. The molecule has 0 aromatic carbocycles. The number of nitrogens with zero attached hydrogens (tertiary/aromatic N) is 3. The summed E-state index contributed by atoms with van der Waals surface area (Å²) in [5.74, 6) is 0. The summed E-state index contributed by atoms with van der Waals surface area (Å²) in [6.07, 6.45) is 3.40. The molecule has 4 heteroatoms. The first-order valence-corrected chi connectivity index (χ1v) is 2.83. The molecular weight excluding hydrogens is 128 g/mol. The van der Waals surface area contributed by atoms with Crippen LogP contribution in [0.2, 0.25) is 0 Å². The molecule has 0 spiro atoms. The van der Waals surface area contributed by atoms with Crippen LogP contribution in [0.1, 0.15) is 0 Å². The predicted molar refractivity (Wildman–Crippen MR) is 34.0 cm³/mol. The molecule has 1 N–H and O–H groups in total. The SMILES string of the molecule is N#CC(C#N)N1C=CNC1. The standard InChI is InChI=1S/C6H6N4/c7-3-6(4-8)10-2-1-9-5-10/h1-2,6,9H,5H2. The second kappa shape index (κ2) is 2.75. The molecule has 0 aliphatic carbocycles. The van der Waals surface area contributed by atoms with Gasteiger partial charge in [-0.05, 0) is 0 Å². The zero-order valence-corrected chi connectivity index (χ0v) is 5.28. The van der Waals surface area contributed by atoms with E-state index in [9.17, 15) is 0 Å².